The van der Waals surface area contributed by atoms with Crippen LogP contribution in [0.5, 0.6) is 0 Å². The van der Waals surface area contributed by atoms with Gasteiger partial charge in [0.05, 0.1) is 16.8 Å². The fraction of sp³-hybridized carbons (Fsp3) is 0.0714. The predicted octanol–water partition coefficient (Wildman–Crippen LogP) is 7.12. The number of anilines is 1. The second-order valence-corrected chi connectivity index (χ2v) is 8.80. The topological polar surface area (TPSA) is 33.2 Å². The molecule has 0 atom stereocenters. The summed E-state index contributed by atoms with van der Waals surface area (Å²) < 4.78 is 1.09. The lowest BCUT2D eigenvalue weighted by molar-refractivity contribution is 0.0985. The van der Waals surface area contributed by atoms with E-state index in [0.29, 0.717) is 17.2 Å². The summed E-state index contributed by atoms with van der Waals surface area (Å²) in [6.07, 6.45) is 0. The minimum absolute atomic E-state index is 0.0516. The van der Waals surface area contributed by atoms with Gasteiger partial charge in [0.2, 0.25) is 0 Å². The smallest absolute Gasteiger partial charge is 0.260 e. The predicted molar refractivity (Wildman–Crippen MR) is 133 cm³/mol. The standard InChI is InChI=1S/C28H22N2OS/c1-20-12-17-25-26(18-20)32-28(29-25)30(19-21-8-4-2-5-9-21)27(31)24-15-13-23(14-16-24)22-10-6-3-7-11-22/h2-18H,19H2,1H3. The molecule has 1 amide bonds. The van der Waals surface area contributed by atoms with Gasteiger partial charge >= 0.3 is 0 Å². The van der Waals surface area contributed by atoms with E-state index in [1.807, 2.05) is 78.9 Å². The van der Waals surface area contributed by atoms with Crippen molar-refractivity contribution in [2.24, 2.45) is 0 Å². The Labute approximate surface area is 191 Å². The van der Waals surface area contributed by atoms with Crippen molar-refractivity contribution in [2.75, 3.05) is 4.90 Å². The van der Waals surface area contributed by atoms with Crippen LogP contribution in [0, 0.1) is 6.92 Å². The van der Waals surface area contributed by atoms with Crippen molar-refractivity contribution in [3.8, 4) is 11.1 Å². The lowest BCUT2D eigenvalue weighted by Crippen LogP contribution is -2.30. The number of nitrogens with zero attached hydrogens (tertiary/aromatic N) is 2. The molecule has 156 valence electrons. The van der Waals surface area contributed by atoms with Crippen LogP contribution in [-0.2, 0) is 6.54 Å². The molecule has 0 saturated carbocycles. The highest BCUT2D eigenvalue weighted by Gasteiger charge is 2.22. The molecule has 0 saturated heterocycles. The minimum Gasteiger partial charge on any atom is -0.279 e. The summed E-state index contributed by atoms with van der Waals surface area (Å²) in [7, 11) is 0. The molecular formula is C28H22N2OS. The van der Waals surface area contributed by atoms with Crippen LogP contribution in [0.1, 0.15) is 21.5 Å². The normalized spacial score (nSPS) is 10.9. The number of aryl methyl sites for hydroxylation is 1. The van der Waals surface area contributed by atoms with Gasteiger partial charge in [0.1, 0.15) is 0 Å². The number of rotatable bonds is 5. The summed E-state index contributed by atoms with van der Waals surface area (Å²) in [6, 6.07) is 34.2. The molecule has 0 N–H and O–H groups in total. The Morgan fingerprint density at radius 3 is 2.19 bits per heavy atom. The third kappa shape index (κ3) is 4.18. The monoisotopic (exact) mass is 434 g/mol. The summed E-state index contributed by atoms with van der Waals surface area (Å²) >= 11 is 1.56. The molecule has 0 aliphatic carbocycles. The van der Waals surface area contributed by atoms with E-state index in [-0.39, 0.29) is 5.91 Å². The Balaban J connectivity index is 1.51. The molecule has 3 nitrogen and oxygen atoms in total. The molecule has 1 heterocycles. The van der Waals surface area contributed by atoms with Gasteiger partial charge in [-0.2, -0.15) is 0 Å². The summed E-state index contributed by atoms with van der Waals surface area (Å²) in [6.45, 7) is 2.54. The lowest BCUT2D eigenvalue weighted by atomic mass is 10.0. The second kappa shape index (κ2) is 8.77. The number of aromatic nitrogens is 1. The Morgan fingerprint density at radius 1 is 0.812 bits per heavy atom. The third-order valence-corrected chi connectivity index (χ3v) is 6.47. The van der Waals surface area contributed by atoms with Crippen LogP contribution in [-0.4, -0.2) is 10.9 Å². The van der Waals surface area contributed by atoms with Crippen molar-refractivity contribution < 1.29 is 4.79 Å². The van der Waals surface area contributed by atoms with Crippen LogP contribution in [0.15, 0.2) is 103 Å². The number of fused-ring (bicyclic) bond motifs is 1. The number of benzene rings is 4. The summed E-state index contributed by atoms with van der Waals surface area (Å²) in [5, 5.41) is 0.714. The Kier molecular flexibility index (Phi) is 5.53. The van der Waals surface area contributed by atoms with Crippen LogP contribution in [0.3, 0.4) is 0 Å². The molecule has 0 radical (unpaired) electrons. The summed E-state index contributed by atoms with van der Waals surface area (Å²) in [5.74, 6) is -0.0516. The zero-order valence-corrected chi connectivity index (χ0v) is 18.5. The van der Waals surface area contributed by atoms with E-state index < -0.39 is 0 Å². The maximum absolute atomic E-state index is 13.6. The number of amides is 1. The van der Waals surface area contributed by atoms with E-state index in [4.69, 9.17) is 4.98 Å². The molecule has 0 bridgehead atoms. The Bertz CT molecular complexity index is 1360. The number of hydrogen-bond donors (Lipinski definition) is 0. The van der Waals surface area contributed by atoms with Crippen molar-refractivity contribution in [1.82, 2.24) is 4.98 Å². The van der Waals surface area contributed by atoms with Gasteiger partial charge in [-0.25, -0.2) is 4.98 Å². The number of hydrogen-bond acceptors (Lipinski definition) is 3. The van der Waals surface area contributed by atoms with Gasteiger partial charge in [0.25, 0.3) is 5.91 Å². The van der Waals surface area contributed by atoms with Crippen LogP contribution >= 0.6 is 11.3 Å². The lowest BCUT2D eigenvalue weighted by Gasteiger charge is -2.20. The Hall–Kier alpha value is -3.76. The first kappa shape index (κ1) is 20.2. The molecule has 0 fully saturated rings. The van der Waals surface area contributed by atoms with Gasteiger partial charge in [0, 0.05) is 5.56 Å². The Morgan fingerprint density at radius 2 is 1.47 bits per heavy atom. The molecule has 5 rings (SSSR count). The molecule has 32 heavy (non-hydrogen) atoms. The first-order valence-corrected chi connectivity index (χ1v) is 11.4. The van der Waals surface area contributed by atoms with Gasteiger partial charge in [0.15, 0.2) is 5.13 Å². The van der Waals surface area contributed by atoms with E-state index in [1.165, 1.54) is 5.56 Å². The van der Waals surface area contributed by atoms with Gasteiger partial charge in [-0.15, -0.1) is 0 Å². The van der Waals surface area contributed by atoms with Gasteiger partial charge in [-0.05, 0) is 53.4 Å². The van der Waals surface area contributed by atoms with E-state index in [9.17, 15) is 4.79 Å². The zero-order chi connectivity index (χ0) is 21.9. The highest BCUT2D eigenvalue weighted by molar-refractivity contribution is 7.22. The molecular weight excluding hydrogens is 412 g/mol. The van der Waals surface area contributed by atoms with E-state index in [2.05, 4.69) is 31.2 Å². The zero-order valence-electron chi connectivity index (χ0n) is 17.7. The molecule has 0 aliphatic rings. The summed E-state index contributed by atoms with van der Waals surface area (Å²) in [5.41, 5.74) is 6.04. The number of carbonyl (C=O) groups is 1. The van der Waals surface area contributed by atoms with Crippen molar-refractivity contribution in [2.45, 2.75) is 13.5 Å². The van der Waals surface area contributed by atoms with E-state index >= 15 is 0 Å². The molecule has 1 aromatic heterocycles. The van der Waals surface area contributed by atoms with Crippen LogP contribution < -0.4 is 4.90 Å². The van der Waals surface area contributed by atoms with E-state index in [1.54, 1.807) is 16.2 Å². The largest absolute Gasteiger partial charge is 0.279 e. The maximum atomic E-state index is 13.6. The fourth-order valence-electron chi connectivity index (χ4n) is 3.72. The maximum Gasteiger partial charge on any atom is 0.260 e. The molecule has 0 aliphatic heterocycles. The van der Waals surface area contributed by atoms with Crippen molar-refractivity contribution in [3.63, 3.8) is 0 Å². The average Bonchev–Trinajstić information content (AvgIpc) is 3.26. The minimum atomic E-state index is -0.0516. The van der Waals surface area contributed by atoms with Gasteiger partial charge < -0.3 is 0 Å². The number of carbonyl (C=O) groups excluding carboxylic acids is 1. The SMILES string of the molecule is Cc1ccc2nc(N(Cc3ccccc3)C(=O)c3ccc(-c4ccccc4)cc3)sc2c1. The molecule has 0 unspecified atom stereocenters. The third-order valence-electron chi connectivity index (χ3n) is 5.43. The highest BCUT2D eigenvalue weighted by atomic mass is 32.1. The van der Waals surface area contributed by atoms with Crippen molar-refractivity contribution >= 4 is 32.6 Å². The first-order valence-electron chi connectivity index (χ1n) is 10.6. The quantitative estimate of drug-likeness (QED) is 0.295. The van der Waals surface area contributed by atoms with Gasteiger partial charge in [-0.1, -0.05) is 90.2 Å². The number of thiazole rings is 1. The highest BCUT2D eigenvalue weighted by Crippen LogP contribution is 2.32. The van der Waals surface area contributed by atoms with Crippen molar-refractivity contribution in [3.05, 3.63) is 120 Å². The summed E-state index contributed by atoms with van der Waals surface area (Å²) in [4.78, 5) is 20.2. The van der Waals surface area contributed by atoms with Gasteiger partial charge in [-0.3, -0.25) is 9.69 Å². The van der Waals surface area contributed by atoms with Crippen LogP contribution in [0.4, 0.5) is 5.13 Å². The van der Waals surface area contributed by atoms with Crippen molar-refractivity contribution in [1.29, 1.82) is 0 Å². The molecule has 0 spiro atoms. The van der Waals surface area contributed by atoms with Crippen LogP contribution in [0.2, 0.25) is 0 Å². The molecule has 4 aromatic carbocycles. The average molecular weight is 435 g/mol. The molecule has 4 heteroatoms. The fourth-order valence-corrected chi connectivity index (χ4v) is 4.78. The molecule has 5 aromatic rings. The second-order valence-electron chi connectivity index (χ2n) is 7.79. The first-order chi connectivity index (χ1) is 15.7. The van der Waals surface area contributed by atoms with E-state index in [0.717, 1.165) is 26.9 Å². The van der Waals surface area contributed by atoms with Crippen LogP contribution in [0.25, 0.3) is 21.3 Å².